The lowest BCUT2D eigenvalue weighted by Crippen LogP contribution is -2.27. The molecule has 18 heavy (non-hydrogen) atoms. The third-order valence-corrected chi connectivity index (χ3v) is 2.10. The highest BCUT2D eigenvalue weighted by atomic mass is 16.2. The van der Waals surface area contributed by atoms with Crippen molar-refractivity contribution in [2.75, 3.05) is 11.9 Å². The van der Waals surface area contributed by atoms with Crippen molar-refractivity contribution in [1.82, 2.24) is 5.32 Å². The van der Waals surface area contributed by atoms with Crippen molar-refractivity contribution in [3.8, 4) is 0 Å². The van der Waals surface area contributed by atoms with Crippen molar-refractivity contribution < 1.29 is 14.4 Å². The Morgan fingerprint density at radius 3 is 2.61 bits per heavy atom. The van der Waals surface area contributed by atoms with E-state index in [1.165, 1.54) is 6.92 Å². The van der Waals surface area contributed by atoms with Crippen molar-refractivity contribution >= 4 is 23.4 Å². The molecule has 4 N–H and O–H groups in total. The lowest BCUT2D eigenvalue weighted by molar-refractivity contribution is -0.118. The fraction of sp³-hybridized carbons (Fsp3) is 0.250. The highest BCUT2D eigenvalue weighted by Crippen LogP contribution is 2.10. The number of anilines is 1. The van der Waals surface area contributed by atoms with Crippen LogP contribution < -0.4 is 16.4 Å². The molecule has 1 aromatic rings. The summed E-state index contributed by atoms with van der Waals surface area (Å²) >= 11 is 0. The molecule has 0 fully saturated rings. The highest BCUT2D eigenvalue weighted by molar-refractivity contribution is 5.96. The van der Waals surface area contributed by atoms with E-state index < -0.39 is 5.91 Å². The van der Waals surface area contributed by atoms with Crippen LogP contribution in [-0.4, -0.2) is 24.3 Å². The third-order valence-electron chi connectivity index (χ3n) is 2.10. The monoisotopic (exact) mass is 249 g/mol. The molecule has 0 saturated heterocycles. The molecule has 6 heteroatoms. The molecule has 0 atom stereocenters. The van der Waals surface area contributed by atoms with Gasteiger partial charge in [-0.2, -0.15) is 0 Å². The summed E-state index contributed by atoms with van der Waals surface area (Å²) in [6.07, 6.45) is 0.0944. The Kier molecular flexibility index (Phi) is 4.86. The van der Waals surface area contributed by atoms with Crippen molar-refractivity contribution in [2.24, 2.45) is 5.73 Å². The second-order valence-corrected chi connectivity index (χ2v) is 3.73. The molecular weight excluding hydrogens is 234 g/mol. The van der Waals surface area contributed by atoms with E-state index in [9.17, 15) is 14.4 Å². The molecule has 0 aliphatic rings. The Labute approximate surface area is 105 Å². The molecule has 6 nitrogen and oxygen atoms in total. The predicted molar refractivity (Wildman–Crippen MR) is 66.9 cm³/mol. The summed E-state index contributed by atoms with van der Waals surface area (Å²) in [6.45, 7) is 1.58. The average molecular weight is 249 g/mol. The minimum Gasteiger partial charge on any atom is -0.370 e. The van der Waals surface area contributed by atoms with E-state index in [1.54, 1.807) is 24.3 Å². The van der Waals surface area contributed by atoms with E-state index in [4.69, 9.17) is 5.73 Å². The van der Waals surface area contributed by atoms with E-state index in [1.807, 2.05) is 0 Å². The van der Waals surface area contributed by atoms with Crippen LogP contribution in [0.3, 0.4) is 0 Å². The number of benzene rings is 1. The molecule has 0 aliphatic carbocycles. The molecule has 0 aliphatic heterocycles. The van der Waals surface area contributed by atoms with Crippen molar-refractivity contribution in [2.45, 2.75) is 13.3 Å². The second-order valence-electron chi connectivity index (χ2n) is 3.73. The van der Waals surface area contributed by atoms with Crippen LogP contribution >= 0.6 is 0 Å². The molecule has 1 aromatic carbocycles. The van der Waals surface area contributed by atoms with Gasteiger partial charge in [0.1, 0.15) is 0 Å². The highest BCUT2D eigenvalue weighted by Gasteiger charge is 2.06. The van der Waals surface area contributed by atoms with Crippen LogP contribution in [0.25, 0.3) is 0 Å². The van der Waals surface area contributed by atoms with Crippen LogP contribution in [0.15, 0.2) is 24.3 Å². The number of primary amides is 1. The summed E-state index contributed by atoms with van der Waals surface area (Å²) in [6, 6.07) is 6.52. The summed E-state index contributed by atoms with van der Waals surface area (Å²) in [4.78, 5) is 33.1. The van der Waals surface area contributed by atoms with E-state index in [2.05, 4.69) is 10.6 Å². The fourth-order valence-electron chi connectivity index (χ4n) is 1.34. The largest absolute Gasteiger partial charge is 0.370 e. The molecular formula is C12H15N3O3. The molecule has 1 rings (SSSR count). The standard InChI is InChI=1S/C12H15N3O3/c1-8(16)15-10-4-2-3-9(7-10)12(18)14-6-5-11(13)17/h2-4,7H,5-6H2,1H3,(H2,13,17)(H,14,18)(H,15,16). The number of hydrogen-bond acceptors (Lipinski definition) is 3. The van der Waals surface area contributed by atoms with Gasteiger partial charge in [-0.25, -0.2) is 0 Å². The summed E-state index contributed by atoms with van der Waals surface area (Å²) in [5, 5.41) is 5.14. The zero-order chi connectivity index (χ0) is 13.5. The smallest absolute Gasteiger partial charge is 0.251 e. The molecule has 0 aromatic heterocycles. The van der Waals surface area contributed by atoms with Gasteiger partial charge in [0.25, 0.3) is 5.91 Å². The first-order chi connectivity index (χ1) is 8.49. The Bertz CT molecular complexity index is 471. The van der Waals surface area contributed by atoms with Gasteiger partial charge in [0.2, 0.25) is 11.8 Å². The maximum absolute atomic E-state index is 11.7. The number of rotatable bonds is 5. The number of carbonyl (C=O) groups is 3. The van der Waals surface area contributed by atoms with Gasteiger partial charge in [-0.1, -0.05) is 6.07 Å². The third kappa shape index (κ3) is 4.65. The van der Waals surface area contributed by atoms with Crippen LogP contribution in [0.2, 0.25) is 0 Å². The lowest BCUT2D eigenvalue weighted by atomic mass is 10.2. The molecule has 0 radical (unpaired) electrons. The minimum absolute atomic E-state index is 0.0944. The van der Waals surface area contributed by atoms with Crippen LogP contribution in [0.4, 0.5) is 5.69 Å². The summed E-state index contributed by atoms with van der Waals surface area (Å²) in [5.74, 6) is -0.993. The Hall–Kier alpha value is -2.37. The fourth-order valence-corrected chi connectivity index (χ4v) is 1.34. The first kappa shape index (κ1) is 13.7. The first-order valence-corrected chi connectivity index (χ1v) is 5.43. The van der Waals surface area contributed by atoms with Gasteiger partial charge >= 0.3 is 0 Å². The van der Waals surface area contributed by atoms with Crippen LogP contribution in [0, 0.1) is 0 Å². The Morgan fingerprint density at radius 2 is 2.00 bits per heavy atom. The maximum Gasteiger partial charge on any atom is 0.251 e. The van der Waals surface area contributed by atoms with E-state index in [0.717, 1.165) is 0 Å². The van der Waals surface area contributed by atoms with Crippen molar-refractivity contribution in [3.63, 3.8) is 0 Å². The van der Waals surface area contributed by atoms with Crippen molar-refractivity contribution in [3.05, 3.63) is 29.8 Å². The van der Waals surface area contributed by atoms with Gasteiger partial charge < -0.3 is 16.4 Å². The summed E-state index contributed by atoms with van der Waals surface area (Å²) < 4.78 is 0. The lowest BCUT2D eigenvalue weighted by Gasteiger charge is -2.06. The molecule has 0 bridgehead atoms. The summed E-state index contributed by atoms with van der Waals surface area (Å²) in [7, 11) is 0. The van der Waals surface area contributed by atoms with Crippen molar-refractivity contribution in [1.29, 1.82) is 0 Å². The normalized spacial score (nSPS) is 9.61. The second kappa shape index (κ2) is 6.39. The van der Waals surface area contributed by atoms with E-state index in [0.29, 0.717) is 11.3 Å². The summed E-state index contributed by atoms with van der Waals surface area (Å²) in [5.41, 5.74) is 5.91. The average Bonchev–Trinajstić information content (AvgIpc) is 2.27. The molecule has 0 unspecified atom stereocenters. The molecule has 0 saturated carbocycles. The number of nitrogens with two attached hydrogens (primary N) is 1. The van der Waals surface area contributed by atoms with Gasteiger partial charge in [-0.3, -0.25) is 14.4 Å². The quantitative estimate of drug-likeness (QED) is 0.697. The zero-order valence-corrected chi connectivity index (χ0v) is 10.0. The molecule has 0 spiro atoms. The topological polar surface area (TPSA) is 101 Å². The van der Waals surface area contributed by atoms with Gasteiger partial charge in [-0.15, -0.1) is 0 Å². The van der Waals surface area contributed by atoms with Crippen LogP contribution in [0.5, 0.6) is 0 Å². The molecule has 0 heterocycles. The predicted octanol–water partition coefficient (Wildman–Crippen LogP) is 0.250. The number of nitrogens with one attached hydrogen (secondary N) is 2. The van der Waals surface area contributed by atoms with Gasteiger partial charge in [0.15, 0.2) is 0 Å². The number of hydrogen-bond donors (Lipinski definition) is 3. The Morgan fingerprint density at radius 1 is 1.28 bits per heavy atom. The minimum atomic E-state index is -0.470. The van der Waals surface area contributed by atoms with E-state index >= 15 is 0 Å². The maximum atomic E-state index is 11.7. The number of carbonyl (C=O) groups excluding carboxylic acids is 3. The van der Waals surface area contributed by atoms with Gasteiger partial charge in [0.05, 0.1) is 0 Å². The van der Waals surface area contributed by atoms with E-state index in [-0.39, 0.29) is 24.8 Å². The molecule has 3 amide bonds. The molecule has 96 valence electrons. The van der Waals surface area contributed by atoms with Crippen LogP contribution in [-0.2, 0) is 9.59 Å². The van der Waals surface area contributed by atoms with Crippen LogP contribution in [0.1, 0.15) is 23.7 Å². The Balaban J connectivity index is 2.62. The zero-order valence-electron chi connectivity index (χ0n) is 10.0. The number of amides is 3. The van der Waals surface area contributed by atoms with Gasteiger partial charge in [-0.05, 0) is 18.2 Å². The SMILES string of the molecule is CC(=O)Nc1cccc(C(=O)NCCC(N)=O)c1. The van der Waals surface area contributed by atoms with Gasteiger partial charge in [0, 0.05) is 31.1 Å². The first-order valence-electron chi connectivity index (χ1n) is 5.43.